The van der Waals surface area contributed by atoms with Gasteiger partial charge in [0, 0.05) is 24.1 Å². The Morgan fingerprint density at radius 2 is 2.15 bits per heavy atom. The topological polar surface area (TPSA) is 104 Å². The Labute approximate surface area is 190 Å². The van der Waals surface area contributed by atoms with Crippen LogP contribution in [0.5, 0.6) is 0 Å². The average Bonchev–Trinajstić information content (AvgIpc) is 3.49. The third-order valence-electron chi connectivity index (χ3n) is 6.72. The molecule has 8 nitrogen and oxygen atoms in total. The summed E-state index contributed by atoms with van der Waals surface area (Å²) in [5.74, 6) is -0.873. The van der Waals surface area contributed by atoms with Crippen LogP contribution in [0, 0.1) is 5.41 Å². The number of ether oxygens (including phenoxy) is 3. The van der Waals surface area contributed by atoms with Crippen molar-refractivity contribution in [2.75, 3.05) is 13.2 Å². The van der Waals surface area contributed by atoms with Crippen LogP contribution in [0.15, 0.2) is 69.1 Å². The number of furan rings is 1. The number of alkyl carbamates (subject to hydrolysis) is 1. The monoisotopic (exact) mass is 451 g/mol. The quantitative estimate of drug-likeness (QED) is 0.412. The van der Waals surface area contributed by atoms with E-state index in [1.807, 2.05) is 19.9 Å². The molecule has 4 aliphatic rings. The summed E-state index contributed by atoms with van der Waals surface area (Å²) in [5.41, 5.74) is 3.25. The third-order valence-corrected chi connectivity index (χ3v) is 6.72. The molecule has 33 heavy (non-hydrogen) atoms. The van der Waals surface area contributed by atoms with Crippen LogP contribution in [-0.4, -0.2) is 37.3 Å². The molecule has 1 amide bonds. The van der Waals surface area contributed by atoms with Crippen LogP contribution in [0.4, 0.5) is 4.79 Å². The summed E-state index contributed by atoms with van der Waals surface area (Å²) in [6, 6.07) is 1.76. The lowest BCUT2D eigenvalue weighted by Crippen LogP contribution is -2.36. The van der Waals surface area contributed by atoms with Gasteiger partial charge in [0.2, 0.25) is 0 Å². The molecule has 8 heteroatoms. The Morgan fingerprint density at radius 3 is 2.91 bits per heavy atom. The molecule has 2 aliphatic heterocycles. The van der Waals surface area contributed by atoms with Crippen molar-refractivity contribution >= 4 is 18.0 Å². The molecule has 0 radical (unpaired) electrons. The van der Waals surface area contributed by atoms with Gasteiger partial charge in [-0.2, -0.15) is 0 Å². The van der Waals surface area contributed by atoms with E-state index in [0.29, 0.717) is 24.1 Å². The summed E-state index contributed by atoms with van der Waals surface area (Å²) >= 11 is 0. The van der Waals surface area contributed by atoms with Gasteiger partial charge in [-0.1, -0.05) is 19.4 Å². The van der Waals surface area contributed by atoms with Crippen LogP contribution in [0.3, 0.4) is 0 Å². The van der Waals surface area contributed by atoms with E-state index in [1.54, 1.807) is 24.5 Å². The normalized spacial score (nSPS) is 27.9. The molecule has 1 saturated heterocycles. The summed E-state index contributed by atoms with van der Waals surface area (Å²) in [6.45, 7) is 4.62. The van der Waals surface area contributed by atoms with Gasteiger partial charge in [-0.15, -0.1) is 0 Å². The molecule has 2 aliphatic carbocycles. The van der Waals surface area contributed by atoms with Crippen LogP contribution in [0.1, 0.15) is 44.8 Å². The maximum absolute atomic E-state index is 12.7. The van der Waals surface area contributed by atoms with Crippen molar-refractivity contribution in [1.82, 2.24) is 5.32 Å². The Bertz CT molecular complexity index is 1140. The van der Waals surface area contributed by atoms with Crippen LogP contribution < -0.4 is 5.32 Å². The van der Waals surface area contributed by atoms with E-state index in [-0.39, 0.29) is 6.61 Å². The minimum absolute atomic E-state index is 0.141. The standard InChI is InChI=1S/C25H25NO7/c1-3-4-8-26-24(29)32-16-10-18-14(2)20-17(22(27)33-21(20)15-6-9-30-12-15)5-7-25(18)13-31-23(28)19(25)11-16/h5-7,9,11-12,16,21H,3-4,8,10,13H2,1-2H3,(H,26,29)/t16-,21+,25+/m1/s1. The molecule has 1 aromatic rings. The second-order valence-electron chi connectivity index (χ2n) is 8.66. The van der Waals surface area contributed by atoms with Crippen molar-refractivity contribution in [1.29, 1.82) is 0 Å². The van der Waals surface area contributed by atoms with E-state index in [9.17, 15) is 14.4 Å². The molecule has 0 saturated carbocycles. The zero-order valence-electron chi connectivity index (χ0n) is 18.5. The number of nitrogens with one attached hydrogen (secondary N) is 1. The summed E-state index contributed by atoms with van der Waals surface area (Å²) in [4.78, 5) is 37.7. The van der Waals surface area contributed by atoms with E-state index >= 15 is 0 Å². The fourth-order valence-electron chi connectivity index (χ4n) is 5.04. The minimum Gasteiger partial charge on any atom is -0.472 e. The SMILES string of the molecule is CCCCNC(=O)O[C@H]1C=C2C(=O)OC[C@]23C=CC2=C(C(C)=C3C1)[C@H](c1ccoc1)OC2=O. The van der Waals surface area contributed by atoms with Gasteiger partial charge in [0.1, 0.15) is 12.7 Å². The van der Waals surface area contributed by atoms with Gasteiger partial charge in [0.05, 0.1) is 29.1 Å². The highest BCUT2D eigenvalue weighted by molar-refractivity contribution is 5.99. The predicted octanol–water partition coefficient (Wildman–Crippen LogP) is 3.83. The number of carbonyl (C=O) groups is 3. The van der Waals surface area contributed by atoms with E-state index in [2.05, 4.69) is 5.32 Å². The second kappa shape index (κ2) is 8.10. The Kier molecular flexibility index (Phi) is 5.23. The fraction of sp³-hybridized carbons (Fsp3) is 0.400. The van der Waals surface area contributed by atoms with Crippen molar-refractivity contribution in [3.63, 3.8) is 0 Å². The second-order valence-corrected chi connectivity index (χ2v) is 8.66. The number of hydrogen-bond donors (Lipinski definition) is 1. The van der Waals surface area contributed by atoms with Crippen LogP contribution in [0.2, 0.25) is 0 Å². The molecule has 1 spiro atoms. The summed E-state index contributed by atoms with van der Waals surface area (Å²) in [6.07, 6.45) is 8.75. The first-order valence-corrected chi connectivity index (χ1v) is 11.2. The van der Waals surface area contributed by atoms with Crippen molar-refractivity contribution in [2.45, 2.75) is 45.3 Å². The van der Waals surface area contributed by atoms with E-state index in [0.717, 1.165) is 35.1 Å². The van der Waals surface area contributed by atoms with Gasteiger partial charge in [0.15, 0.2) is 6.10 Å². The molecule has 1 fully saturated rings. The van der Waals surface area contributed by atoms with Crippen molar-refractivity contribution < 1.29 is 33.0 Å². The summed E-state index contributed by atoms with van der Waals surface area (Å²) in [7, 11) is 0. The number of hydrogen-bond acceptors (Lipinski definition) is 7. The van der Waals surface area contributed by atoms with Crippen LogP contribution in [0.25, 0.3) is 0 Å². The first-order chi connectivity index (χ1) is 15.9. The third kappa shape index (κ3) is 3.41. The van der Waals surface area contributed by atoms with Crippen LogP contribution >= 0.6 is 0 Å². The Morgan fingerprint density at radius 1 is 1.30 bits per heavy atom. The lowest BCUT2D eigenvalue weighted by molar-refractivity contribution is -0.139. The van der Waals surface area contributed by atoms with Gasteiger partial charge < -0.3 is 23.9 Å². The molecule has 0 aromatic carbocycles. The number of cyclic esters (lactones) is 2. The Hall–Kier alpha value is -3.55. The van der Waals surface area contributed by atoms with Gasteiger partial charge >= 0.3 is 18.0 Å². The number of amides is 1. The lowest BCUT2D eigenvalue weighted by Gasteiger charge is -2.35. The van der Waals surface area contributed by atoms with Crippen molar-refractivity contribution in [3.8, 4) is 0 Å². The molecule has 1 N–H and O–H groups in total. The molecule has 5 rings (SSSR count). The maximum Gasteiger partial charge on any atom is 0.407 e. The largest absolute Gasteiger partial charge is 0.472 e. The molecule has 3 atom stereocenters. The van der Waals surface area contributed by atoms with Crippen molar-refractivity contribution in [3.05, 3.63) is 70.2 Å². The number of carbonyl (C=O) groups excluding carboxylic acids is 3. The maximum atomic E-state index is 12.7. The molecular weight excluding hydrogens is 426 g/mol. The highest BCUT2D eigenvalue weighted by atomic mass is 16.6. The van der Waals surface area contributed by atoms with Gasteiger partial charge in [-0.25, -0.2) is 14.4 Å². The molecule has 0 bridgehead atoms. The molecule has 3 heterocycles. The van der Waals surface area contributed by atoms with Gasteiger partial charge in [0.25, 0.3) is 0 Å². The van der Waals surface area contributed by atoms with Crippen molar-refractivity contribution in [2.24, 2.45) is 5.41 Å². The smallest absolute Gasteiger partial charge is 0.407 e. The fourth-order valence-corrected chi connectivity index (χ4v) is 5.04. The first kappa shape index (κ1) is 21.3. The Balaban J connectivity index is 1.55. The highest BCUT2D eigenvalue weighted by Crippen LogP contribution is 2.54. The van der Waals surface area contributed by atoms with E-state index in [1.165, 1.54) is 6.26 Å². The number of esters is 2. The predicted molar refractivity (Wildman–Crippen MR) is 116 cm³/mol. The minimum atomic E-state index is -0.800. The number of rotatable bonds is 5. The number of unbranched alkanes of at least 4 members (excludes halogenated alkanes) is 1. The van der Waals surface area contributed by atoms with Crippen LogP contribution in [-0.2, 0) is 23.8 Å². The van der Waals surface area contributed by atoms with E-state index < -0.39 is 35.7 Å². The molecule has 1 aromatic heterocycles. The molecule has 172 valence electrons. The molecular formula is C25H25NO7. The highest BCUT2D eigenvalue weighted by Gasteiger charge is 2.53. The average molecular weight is 451 g/mol. The zero-order chi connectivity index (χ0) is 23.2. The summed E-state index contributed by atoms with van der Waals surface area (Å²) in [5, 5.41) is 2.74. The first-order valence-electron chi connectivity index (χ1n) is 11.2. The lowest BCUT2D eigenvalue weighted by atomic mass is 9.68. The molecule has 0 unspecified atom stereocenters. The van der Waals surface area contributed by atoms with E-state index in [4.69, 9.17) is 18.6 Å². The van der Waals surface area contributed by atoms with Gasteiger partial charge in [-0.05, 0) is 42.7 Å². The zero-order valence-corrected chi connectivity index (χ0v) is 18.5. The summed E-state index contributed by atoms with van der Waals surface area (Å²) < 4.78 is 22.0. The van der Waals surface area contributed by atoms with Gasteiger partial charge in [-0.3, -0.25) is 0 Å².